The van der Waals surface area contributed by atoms with Gasteiger partial charge in [-0.05, 0) is 43.0 Å². The fraction of sp³-hybridized carbons (Fsp3) is 0.357. The van der Waals surface area contributed by atoms with E-state index in [0.29, 0.717) is 0 Å². The van der Waals surface area contributed by atoms with E-state index < -0.39 is 0 Å². The first-order valence-corrected chi connectivity index (χ1v) is 6.39. The summed E-state index contributed by atoms with van der Waals surface area (Å²) in [5.74, 6) is 0.840. The molecule has 0 bridgehead atoms. The van der Waals surface area contributed by atoms with Crippen LogP contribution in [0.15, 0.2) is 35.9 Å². The van der Waals surface area contributed by atoms with E-state index in [9.17, 15) is 0 Å². The Labute approximate surface area is 106 Å². The average molecular weight is 240 g/mol. The summed E-state index contributed by atoms with van der Waals surface area (Å²) in [6.45, 7) is 2.19. The Morgan fingerprint density at radius 1 is 1.06 bits per heavy atom. The molecule has 3 rings (SSSR count). The van der Waals surface area contributed by atoms with Gasteiger partial charge in [-0.1, -0.05) is 35.9 Å². The number of allylic oxidation sites excluding steroid dienone is 2. The molecule has 18 heavy (non-hydrogen) atoms. The molecule has 4 heteroatoms. The van der Waals surface area contributed by atoms with E-state index in [-0.39, 0.29) is 0 Å². The van der Waals surface area contributed by atoms with Crippen molar-refractivity contribution in [3.63, 3.8) is 0 Å². The minimum atomic E-state index is 0.840. The highest BCUT2D eigenvalue weighted by Crippen LogP contribution is 2.29. The molecule has 0 saturated heterocycles. The van der Waals surface area contributed by atoms with Gasteiger partial charge >= 0.3 is 0 Å². The van der Waals surface area contributed by atoms with Crippen LogP contribution >= 0.6 is 0 Å². The normalized spacial score (nSPS) is 16.1. The molecule has 0 fully saturated rings. The van der Waals surface area contributed by atoms with Crippen LogP contribution in [0.4, 0.5) is 0 Å². The number of nitrogens with zero attached hydrogens (tertiary/aromatic N) is 4. The Kier molecular flexibility index (Phi) is 2.92. The zero-order valence-electron chi connectivity index (χ0n) is 10.5. The fourth-order valence-corrected chi connectivity index (χ4v) is 2.46. The molecule has 1 aliphatic rings. The molecule has 92 valence electrons. The van der Waals surface area contributed by atoms with Crippen molar-refractivity contribution in [2.45, 2.75) is 32.6 Å². The zero-order valence-corrected chi connectivity index (χ0v) is 10.5. The summed E-state index contributed by atoms with van der Waals surface area (Å²) in [6.07, 6.45) is 4.72. The smallest absolute Gasteiger partial charge is 0.186 e. The van der Waals surface area contributed by atoms with Crippen LogP contribution in [0.1, 0.15) is 32.6 Å². The molecule has 0 atom stereocenters. The summed E-state index contributed by atoms with van der Waals surface area (Å²) in [6, 6.07) is 10.1. The molecule has 0 aliphatic heterocycles. The first kappa shape index (κ1) is 11.1. The molecule has 0 spiro atoms. The quantitative estimate of drug-likeness (QED) is 0.810. The van der Waals surface area contributed by atoms with Gasteiger partial charge < -0.3 is 0 Å². The van der Waals surface area contributed by atoms with E-state index in [2.05, 4.69) is 22.4 Å². The molecule has 0 radical (unpaired) electrons. The van der Waals surface area contributed by atoms with Gasteiger partial charge in [0.1, 0.15) is 0 Å². The van der Waals surface area contributed by atoms with E-state index in [1.807, 2.05) is 35.0 Å². The van der Waals surface area contributed by atoms with Crippen molar-refractivity contribution in [1.29, 1.82) is 0 Å². The average Bonchev–Trinajstić information content (AvgIpc) is 2.89. The topological polar surface area (TPSA) is 43.6 Å². The van der Waals surface area contributed by atoms with Gasteiger partial charge in [0.15, 0.2) is 5.82 Å². The van der Waals surface area contributed by atoms with Crippen molar-refractivity contribution in [3.8, 4) is 11.4 Å². The molecular weight excluding hydrogens is 224 g/mol. The molecule has 4 nitrogen and oxygen atoms in total. The Balaban J connectivity index is 2.07. The minimum absolute atomic E-state index is 0.840. The summed E-state index contributed by atoms with van der Waals surface area (Å²) < 4.78 is 1.91. The van der Waals surface area contributed by atoms with Crippen molar-refractivity contribution in [2.75, 3.05) is 0 Å². The minimum Gasteiger partial charge on any atom is -0.197 e. The maximum atomic E-state index is 4.16. The second-order valence-electron chi connectivity index (χ2n) is 4.71. The van der Waals surface area contributed by atoms with Crippen molar-refractivity contribution in [1.82, 2.24) is 20.2 Å². The molecule has 0 amide bonds. The molecule has 1 aromatic heterocycles. The summed E-state index contributed by atoms with van der Waals surface area (Å²) in [5.41, 5.74) is 3.74. The third-order valence-electron chi connectivity index (χ3n) is 3.47. The van der Waals surface area contributed by atoms with E-state index in [1.165, 1.54) is 24.1 Å². The third kappa shape index (κ3) is 1.94. The second kappa shape index (κ2) is 4.72. The summed E-state index contributed by atoms with van der Waals surface area (Å²) in [4.78, 5) is 0. The van der Waals surface area contributed by atoms with Crippen LogP contribution in [0.5, 0.6) is 0 Å². The molecule has 0 unspecified atom stereocenters. The Morgan fingerprint density at radius 3 is 2.61 bits per heavy atom. The number of benzene rings is 1. The Bertz CT molecular complexity index is 568. The summed E-state index contributed by atoms with van der Waals surface area (Å²) in [7, 11) is 0. The van der Waals surface area contributed by atoms with Gasteiger partial charge in [-0.2, -0.15) is 4.68 Å². The largest absolute Gasteiger partial charge is 0.197 e. The lowest BCUT2D eigenvalue weighted by molar-refractivity contribution is 0.665. The maximum absolute atomic E-state index is 4.16. The van der Waals surface area contributed by atoms with Crippen LogP contribution in [-0.2, 0) is 0 Å². The van der Waals surface area contributed by atoms with Gasteiger partial charge in [0.2, 0.25) is 0 Å². The summed E-state index contributed by atoms with van der Waals surface area (Å²) in [5, 5.41) is 12.2. The molecular formula is C14H16N4. The van der Waals surface area contributed by atoms with Crippen molar-refractivity contribution >= 4 is 5.70 Å². The van der Waals surface area contributed by atoms with Crippen LogP contribution < -0.4 is 0 Å². The highest BCUT2D eigenvalue weighted by molar-refractivity contribution is 5.62. The first-order valence-electron chi connectivity index (χ1n) is 6.39. The predicted octanol–water partition coefficient (Wildman–Crippen LogP) is 3.15. The van der Waals surface area contributed by atoms with E-state index in [1.54, 1.807) is 0 Å². The predicted molar refractivity (Wildman–Crippen MR) is 70.6 cm³/mol. The number of hydrogen-bond acceptors (Lipinski definition) is 3. The molecule has 0 saturated carbocycles. The number of hydrogen-bond donors (Lipinski definition) is 0. The summed E-state index contributed by atoms with van der Waals surface area (Å²) >= 11 is 0. The maximum Gasteiger partial charge on any atom is 0.186 e. The zero-order chi connectivity index (χ0) is 12.4. The Hall–Kier alpha value is -1.97. The lowest BCUT2D eigenvalue weighted by atomic mass is 9.97. The molecule has 1 heterocycles. The van der Waals surface area contributed by atoms with Gasteiger partial charge in [-0.25, -0.2) is 0 Å². The molecule has 1 aromatic carbocycles. The van der Waals surface area contributed by atoms with Crippen LogP contribution in [0.25, 0.3) is 17.1 Å². The highest BCUT2D eigenvalue weighted by Gasteiger charge is 2.17. The van der Waals surface area contributed by atoms with E-state index in [0.717, 1.165) is 24.2 Å². The first-order chi connectivity index (χ1) is 8.86. The van der Waals surface area contributed by atoms with Crippen molar-refractivity contribution < 1.29 is 0 Å². The second-order valence-corrected chi connectivity index (χ2v) is 4.71. The monoisotopic (exact) mass is 240 g/mol. The lowest BCUT2D eigenvalue weighted by Gasteiger charge is -2.18. The fourth-order valence-electron chi connectivity index (χ4n) is 2.46. The lowest BCUT2D eigenvalue weighted by Crippen LogP contribution is -2.08. The van der Waals surface area contributed by atoms with Gasteiger partial charge in [0, 0.05) is 11.3 Å². The Morgan fingerprint density at radius 2 is 1.83 bits per heavy atom. The van der Waals surface area contributed by atoms with Crippen molar-refractivity contribution in [2.24, 2.45) is 0 Å². The molecule has 1 aliphatic carbocycles. The van der Waals surface area contributed by atoms with Gasteiger partial charge in [0.05, 0.1) is 0 Å². The molecule has 0 N–H and O–H groups in total. The van der Waals surface area contributed by atoms with Crippen LogP contribution in [-0.4, -0.2) is 20.2 Å². The molecule has 2 aromatic rings. The van der Waals surface area contributed by atoms with Gasteiger partial charge in [-0.15, -0.1) is 5.10 Å². The van der Waals surface area contributed by atoms with E-state index >= 15 is 0 Å². The number of tetrazole rings is 1. The van der Waals surface area contributed by atoms with E-state index in [4.69, 9.17) is 0 Å². The van der Waals surface area contributed by atoms with Crippen LogP contribution in [0, 0.1) is 0 Å². The highest BCUT2D eigenvalue weighted by atomic mass is 15.5. The van der Waals surface area contributed by atoms with Gasteiger partial charge in [-0.3, -0.25) is 0 Å². The standard InChI is InChI=1S/C14H16N4/c1-11-7-5-6-10-13(11)18-14(15-16-17-18)12-8-3-2-4-9-12/h2-4,8-9H,5-7,10H2,1H3. The van der Waals surface area contributed by atoms with Crippen molar-refractivity contribution in [3.05, 3.63) is 35.9 Å². The van der Waals surface area contributed by atoms with Gasteiger partial charge in [0.25, 0.3) is 0 Å². The van der Waals surface area contributed by atoms with Crippen LogP contribution in [0.2, 0.25) is 0 Å². The number of aromatic nitrogens is 4. The third-order valence-corrected chi connectivity index (χ3v) is 3.47. The van der Waals surface area contributed by atoms with Crippen LogP contribution in [0.3, 0.4) is 0 Å². The number of rotatable bonds is 2. The SMILES string of the molecule is CC1=C(n2nnnc2-c2ccccc2)CCCC1.